The van der Waals surface area contributed by atoms with Gasteiger partial charge < -0.3 is 20.5 Å². The zero-order valence-electron chi connectivity index (χ0n) is 12.8. The third-order valence-corrected chi connectivity index (χ3v) is 3.62. The van der Waals surface area contributed by atoms with Crippen LogP contribution in [0.4, 0.5) is 11.4 Å². The summed E-state index contributed by atoms with van der Waals surface area (Å²) < 4.78 is 0. The van der Waals surface area contributed by atoms with Gasteiger partial charge in [0.25, 0.3) is 0 Å². The molecular formula is C19H15N2O3-. The molecule has 0 heterocycles. The molecule has 0 bridgehead atoms. The van der Waals surface area contributed by atoms with Crippen LogP contribution in [0.2, 0.25) is 0 Å². The molecule has 0 aliphatic heterocycles. The number of benzene rings is 3. The molecule has 0 aromatic heterocycles. The van der Waals surface area contributed by atoms with E-state index in [1.807, 2.05) is 42.5 Å². The number of carbonyl (C=O) groups excluding carboxylic acids is 2. The van der Waals surface area contributed by atoms with Crippen molar-refractivity contribution >= 4 is 34.0 Å². The zero-order valence-corrected chi connectivity index (χ0v) is 12.8. The van der Waals surface area contributed by atoms with Crippen LogP contribution < -0.4 is 15.7 Å². The maximum absolute atomic E-state index is 12.0. The molecule has 0 radical (unpaired) electrons. The highest BCUT2D eigenvalue weighted by Gasteiger charge is 2.07. The van der Waals surface area contributed by atoms with Crippen molar-refractivity contribution < 1.29 is 14.7 Å². The number of nitrogens with one attached hydrogen (secondary N) is 2. The van der Waals surface area contributed by atoms with Gasteiger partial charge in [-0.15, -0.1) is 0 Å². The molecule has 5 heteroatoms. The Hall–Kier alpha value is -3.34. The second-order valence-electron chi connectivity index (χ2n) is 5.30. The minimum absolute atomic E-state index is 0.0275. The fraction of sp³-hybridized carbons (Fsp3) is 0.0526. The highest BCUT2D eigenvalue weighted by molar-refractivity contribution is 6.01. The van der Waals surface area contributed by atoms with Crippen LogP contribution in [0.1, 0.15) is 10.4 Å². The first-order valence-corrected chi connectivity index (χ1v) is 7.46. The van der Waals surface area contributed by atoms with E-state index in [1.165, 1.54) is 12.1 Å². The number of rotatable bonds is 5. The number of carboxylic acid groups (broad SMARTS) is 1. The molecule has 3 aromatic rings. The number of anilines is 2. The topological polar surface area (TPSA) is 81.3 Å². The van der Waals surface area contributed by atoms with E-state index < -0.39 is 5.97 Å². The Morgan fingerprint density at radius 2 is 1.58 bits per heavy atom. The van der Waals surface area contributed by atoms with E-state index in [9.17, 15) is 14.7 Å². The number of hydrogen-bond acceptors (Lipinski definition) is 4. The standard InChI is InChI=1S/C19H16N2O3/c22-18(21-17-8-4-3-7-16(17)19(23)24)12-20-15-10-9-13-5-1-2-6-14(13)11-15/h1-11,20H,12H2,(H,21,22)(H,23,24)/p-1. The molecule has 0 aliphatic carbocycles. The molecule has 120 valence electrons. The van der Waals surface area contributed by atoms with Gasteiger partial charge in [-0.2, -0.15) is 0 Å². The Bertz CT molecular complexity index is 906. The molecule has 24 heavy (non-hydrogen) atoms. The van der Waals surface area contributed by atoms with Gasteiger partial charge in [0, 0.05) is 16.9 Å². The Labute approximate surface area is 138 Å². The maximum atomic E-state index is 12.0. The summed E-state index contributed by atoms with van der Waals surface area (Å²) >= 11 is 0. The van der Waals surface area contributed by atoms with Gasteiger partial charge in [-0.25, -0.2) is 0 Å². The zero-order chi connectivity index (χ0) is 16.9. The lowest BCUT2D eigenvalue weighted by Gasteiger charge is -2.12. The number of para-hydroxylation sites is 1. The number of carbonyl (C=O) groups is 2. The predicted molar refractivity (Wildman–Crippen MR) is 91.8 cm³/mol. The molecule has 3 rings (SSSR count). The van der Waals surface area contributed by atoms with Gasteiger partial charge in [0.1, 0.15) is 0 Å². The van der Waals surface area contributed by atoms with Crippen molar-refractivity contribution in [3.8, 4) is 0 Å². The third-order valence-electron chi connectivity index (χ3n) is 3.62. The summed E-state index contributed by atoms with van der Waals surface area (Å²) in [5.74, 6) is -1.66. The molecule has 0 saturated heterocycles. The summed E-state index contributed by atoms with van der Waals surface area (Å²) in [7, 11) is 0. The van der Waals surface area contributed by atoms with Gasteiger partial charge in [-0.05, 0) is 29.0 Å². The minimum atomic E-state index is -1.33. The Morgan fingerprint density at radius 1 is 0.875 bits per heavy atom. The third kappa shape index (κ3) is 3.52. The van der Waals surface area contributed by atoms with Gasteiger partial charge in [-0.3, -0.25) is 4.79 Å². The SMILES string of the molecule is O=C(CNc1ccc2ccccc2c1)Nc1ccccc1C(=O)[O-]. The van der Waals surface area contributed by atoms with Crippen molar-refractivity contribution in [2.45, 2.75) is 0 Å². The lowest BCUT2D eigenvalue weighted by molar-refractivity contribution is -0.254. The number of amides is 1. The van der Waals surface area contributed by atoms with E-state index in [0.717, 1.165) is 16.5 Å². The smallest absolute Gasteiger partial charge is 0.243 e. The van der Waals surface area contributed by atoms with Crippen molar-refractivity contribution in [1.82, 2.24) is 0 Å². The molecule has 2 N–H and O–H groups in total. The molecule has 0 aliphatic rings. The normalized spacial score (nSPS) is 10.3. The first kappa shape index (κ1) is 15.6. The van der Waals surface area contributed by atoms with Crippen LogP contribution in [0.5, 0.6) is 0 Å². The number of fused-ring (bicyclic) bond motifs is 1. The second-order valence-corrected chi connectivity index (χ2v) is 5.30. The Balaban J connectivity index is 1.66. The number of aromatic carboxylic acids is 1. The first-order chi connectivity index (χ1) is 11.6. The number of hydrogen-bond donors (Lipinski definition) is 2. The van der Waals surface area contributed by atoms with Crippen LogP contribution in [0.3, 0.4) is 0 Å². The van der Waals surface area contributed by atoms with Gasteiger partial charge >= 0.3 is 0 Å². The maximum Gasteiger partial charge on any atom is 0.243 e. The highest BCUT2D eigenvalue weighted by Crippen LogP contribution is 2.19. The molecule has 3 aromatic carbocycles. The van der Waals surface area contributed by atoms with Crippen molar-refractivity contribution in [2.75, 3.05) is 17.2 Å². The monoisotopic (exact) mass is 319 g/mol. The largest absolute Gasteiger partial charge is 0.545 e. The first-order valence-electron chi connectivity index (χ1n) is 7.46. The van der Waals surface area contributed by atoms with Gasteiger partial charge in [-0.1, -0.05) is 48.5 Å². The van der Waals surface area contributed by atoms with Crippen molar-refractivity contribution in [1.29, 1.82) is 0 Å². The van der Waals surface area contributed by atoms with E-state index >= 15 is 0 Å². The molecule has 0 atom stereocenters. The fourth-order valence-corrected chi connectivity index (χ4v) is 2.45. The summed E-state index contributed by atoms with van der Waals surface area (Å²) in [5.41, 5.74) is 0.997. The average Bonchev–Trinajstić information content (AvgIpc) is 2.60. The second kappa shape index (κ2) is 6.83. The van der Waals surface area contributed by atoms with Crippen molar-refractivity contribution in [3.05, 3.63) is 72.3 Å². The van der Waals surface area contributed by atoms with E-state index in [4.69, 9.17) is 0 Å². The summed E-state index contributed by atoms with van der Waals surface area (Å²) in [6.07, 6.45) is 0. The molecule has 1 amide bonds. The Kier molecular flexibility index (Phi) is 4.43. The lowest BCUT2D eigenvalue weighted by Crippen LogP contribution is -2.27. The van der Waals surface area contributed by atoms with Gasteiger partial charge in [0.15, 0.2) is 0 Å². The average molecular weight is 319 g/mol. The fourth-order valence-electron chi connectivity index (χ4n) is 2.45. The van der Waals surface area contributed by atoms with Crippen LogP contribution in [0, 0.1) is 0 Å². The summed E-state index contributed by atoms with van der Waals surface area (Å²) in [6.45, 7) is 0.0275. The molecule has 0 fully saturated rings. The summed E-state index contributed by atoms with van der Waals surface area (Å²) in [6, 6.07) is 19.9. The van der Waals surface area contributed by atoms with E-state index in [1.54, 1.807) is 12.1 Å². The lowest BCUT2D eigenvalue weighted by atomic mass is 10.1. The van der Waals surface area contributed by atoms with Crippen molar-refractivity contribution in [2.24, 2.45) is 0 Å². The van der Waals surface area contributed by atoms with E-state index in [-0.39, 0.29) is 23.7 Å². The van der Waals surface area contributed by atoms with Crippen LogP contribution in [0.15, 0.2) is 66.7 Å². The van der Waals surface area contributed by atoms with Crippen LogP contribution in [-0.4, -0.2) is 18.4 Å². The van der Waals surface area contributed by atoms with Gasteiger partial charge in [0.05, 0.1) is 12.5 Å². The molecule has 0 saturated carbocycles. The van der Waals surface area contributed by atoms with Crippen molar-refractivity contribution in [3.63, 3.8) is 0 Å². The molecule has 0 unspecified atom stereocenters. The van der Waals surface area contributed by atoms with Gasteiger partial charge in [0.2, 0.25) is 5.91 Å². The molecule has 0 spiro atoms. The summed E-state index contributed by atoms with van der Waals surface area (Å²) in [4.78, 5) is 23.1. The van der Waals surface area contributed by atoms with Crippen LogP contribution >= 0.6 is 0 Å². The quantitative estimate of drug-likeness (QED) is 0.756. The number of carboxylic acids is 1. The highest BCUT2D eigenvalue weighted by atomic mass is 16.4. The van der Waals surface area contributed by atoms with E-state index in [2.05, 4.69) is 10.6 Å². The summed E-state index contributed by atoms with van der Waals surface area (Å²) in [5, 5.41) is 18.8. The van der Waals surface area contributed by atoms with Crippen LogP contribution in [0.25, 0.3) is 10.8 Å². The Morgan fingerprint density at radius 3 is 2.38 bits per heavy atom. The molecule has 5 nitrogen and oxygen atoms in total. The minimum Gasteiger partial charge on any atom is -0.545 e. The molecular weight excluding hydrogens is 304 g/mol. The van der Waals surface area contributed by atoms with Crippen LogP contribution in [-0.2, 0) is 4.79 Å². The predicted octanol–water partition coefficient (Wildman–Crippen LogP) is 2.25. The van der Waals surface area contributed by atoms with E-state index in [0.29, 0.717) is 0 Å².